The third-order valence-corrected chi connectivity index (χ3v) is 5.91. The Hall–Kier alpha value is -3.78. The van der Waals surface area contributed by atoms with E-state index in [-0.39, 0.29) is 5.91 Å². The van der Waals surface area contributed by atoms with Crippen molar-refractivity contribution in [1.82, 2.24) is 24.4 Å². The highest BCUT2D eigenvalue weighted by atomic mass is 16.1. The third kappa shape index (κ3) is 4.04. The fraction of sp³-hybridized carbons (Fsp3) is 0.250. The van der Waals surface area contributed by atoms with Gasteiger partial charge in [-0.05, 0) is 36.7 Å². The van der Waals surface area contributed by atoms with Gasteiger partial charge in [-0.3, -0.25) is 4.79 Å². The van der Waals surface area contributed by atoms with Gasteiger partial charge in [-0.15, -0.1) is 0 Å². The minimum Gasteiger partial charge on any atom is -0.354 e. The Balaban J connectivity index is 1.32. The van der Waals surface area contributed by atoms with E-state index in [1.54, 1.807) is 18.7 Å². The van der Waals surface area contributed by atoms with Crippen LogP contribution in [0.2, 0.25) is 0 Å². The lowest BCUT2D eigenvalue weighted by molar-refractivity contribution is 0.102. The molecule has 0 unspecified atom stereocenters. The summed E-state index contributed by atoms with van der Waals surface area (Å²) in [4.78, 5) is 30.4. The smallest absolute Gasteiger partial charge is 0.258 e. The largest absolute Gasteiger partial charge is 0.354 e. The van der Waals surface area contributed by atoms with Crippen molar-refractivity contribution in [2.75, 3.05) is 43.4 Å². The van der Waals surface area contributed by atoms with Gasteiger partial charge < -0.3 is 19.7 Å². The molecule has 5 rings (SSSR count). The van der Waals surface area contributed by atoms with E-state index in [0.717, 1.165) is 54.0 Å². The normalized spacial score (nSPS) is 14.6. The number of nitrogens with one attached hydrogen (secondary N) is 1. The molecule has 0 saturated carbocycles. The standard InChI is InChI=1S/C24H25N7O/c1-29-7-9-31(10-8-29)23-6-5-19(14-27-23)24(32)28-22-12-20-11-17(3-4-18(20)13-26-22)21-15-25-16-30(21)2/h3-6,11-16H,7-10H2,1-2H3,(H,26,28,32). The number of pyridine rings is 2. The van der Waals surface area contributed by atoms with Gasteiger partial charge in [0.1, 0.15) is 11.6 Å². The molecule has 0 radical (unpaired) electrons. The van der Waals surface area contributed by atoms with Crippen molar-refractivity contribution in [1.29, 1.82) is 0 Å². The van der Waals surface area contributed by atoms with Gasteiger partial charge in [-0.25, -0.2) is 15.0 Å². The molecule has 1 aromatic carbocycles. The molecule has 0 spiro atoms. The maximum atomic E-state index is 12.8. The Kier molecular flexibility index (Phi) is 5.28. The number of imidazole rings is 1. The van der Waals surface area contributed by atoms with Crippen molar-refractivity contribution in [2.45, 2.75) is 0 Å². The molecule has 4 aromatic rings. The van der Waals surface area contributed by atoms with Gasteiger partial charge in [0.05, 0.1) is 23.8 Å². The number of nitrogens with zero attached hydrogens (tertiary/aromatic N) is 6. The first-order chi connectivity index (χ1) is 15.6. The van der Waals surface area contributed by atoms with Gasteiger partial charge in [0.2, 0.25) is 0 Å². The molecule has 0 bridgehead atoms. The van der Waals surface area contributed by atoms with Crippen LogP contribution < -0.4 is 10.2 Å². The molecule has 162 valence electrons. The van der Waals surface area contributed by atoms with Crippen LogP contribution >= 0.6 is 0 Å². The summed E-state index contributed by atoms with van der Waals surface area (Å²) in [5.41, 5.74) is 2.60. The van der Waals surface area contributed by atoms with Crippen LogP contribution in [0, 0.1) is 0 Å². The molecule has 1 saturated heterocycles. The lowest BCUT2D eigenvalue weighted by Gasteiger charge is -2.33. The summed E-state index contributed by atoms with van der Waals surface area (Å²) in [6.07, 6.45) is 7.02. The molecular formula is C24H25N7O. The molecule has 0 aliphatic carbocycles. The Labute approximate surface area is 186 Å². The van der Waals surface area contributed by atoms with E-state index in [1.807, 2.05) is 48.1 Å². The van der Waals surface area contributed by atoms with Crippen LogP contribution in [-0.4, -0.2) is 63.6 Å². The number of piperazine rings is 1. The topological polar surface area (TPSA) is 79.2 Å². The van der Waals surface area contributed by atoms with Crippen molar-refractivity contribution in [2.24, 2.45) is 7.05 Å². The average Bonchev–Trinajstić information content (AvgIpc) is 3.25. The van der Waals surface area contributed by atoms with Gasteiger partial charge in [-0.2, -0.15) is 0 Å². The molecule has 1 amide bonds. The number of rotatable bonds is 4. The van der Waals surface area contributed by atoms with Crippen LogP contribution in [-0.2, 0) is 7.05 Å². The van der Waals surface area contributed by atoms with Gasteiger partial charge in [0.25, 0.3) is 5.91 Å². The highest BCUT2D eigenvalue weighted by molar-refractivity contribution is 6.04. The Bertz CT molecular complexity index is 1260. The quantitative estimate of drug-likeness (QED) is 0.539. The summed E-state index contributed by atoms with van der Waals surface area (Å²) in [5, 5.41) is 4.90. The number of likely N-dealkylation sites (N-methyl/N-ethyl adjacent to an activating group) is 1. The van der Waals surface area contributed by atoms with E-state index < -0.39 is 0 Å². The molecule has 32 heavy (non-hydrogen) atoms. The van der Waals surface area contributed by atoms with Gasteiger partial charge in [0, 0.05) is 56.6 Å². The zero-order chi connectivity index (χ0) is 22.1. The van der Waals surface area contributed by atoms with Crippen LogP contribution in [0.3, 0.4) is 0 Å². The number of fused-ring (bicyclic) bond motifs is 1. The van der Waals surface area contributed by atoms with Crippen LogP contribution in [0.15, 0.2) is 61.3 Å². The second kappa shape index (κ2) is 8.39. The van der Waals surface area contributed by atoms with Crippen molar-refractivity contribution in [3.05, 3.63) is 66.9 Å². The van der Waals surface area contributed by atoms with Gasteiger partial charge >= 0.3 is 0 Å². The number of anilines is 2. The number of aromatic nitrogens is 4. The average molecular weight is 428 g/mol. The summed E-state index contributed by atoms with van der Waals surface area (Å²) in [5.74, 6) is 1.19. The molecule has 1 aliphatic rings. The Morgan fingerprint density at radius 3 is 2.47 bits per heavy atom. The van der Waals surface area contributed by atoms with Crippen molar-refractivity contribution >= 4 is 28.3 Å². The Morgan fingerprint density at radius 2 is 1.75 bits per heavy atom. The Morgan fingerprint density at radius 1 is 0.906 bits per heavy atom. The highest BCUT2D eigenvalue weighted by Crippen LogP contribution is 2.25. The van der Waals surface area contributed by atoms with Crippen molar-refractivity contribution < 1.29 is 4.79 Å². The van der Waals surface area contributed by atoms with Crippen LogP contribution in [0.1, 0.15) is 10.4 Å². The minimum atomic E-state index is -0.225. The van der Waals surface area contributed by atoms with E-state index in [9.17, 15) is 4.79 Å². The molecule has 8 nitrogen and oxygen atoms in total. The van der Waals surface area contributed by atoms with E-state index in [0.29, 0.717) is 11.4 Å². The molecule has 1 aliphatic heterocycles. The van der Waals surface area contributed by atoms with Crippen LogP contribution in [0.4, 0.5) is 11.6 Å². The number of hydrogen-bond donors (Lipinski definition) is 1. The number of amides is 1. The predicted octanol–water partition coefficient (Wildman–Crippen LogP) is 3.03. The monoisotopic (exact) mass is 427 g/mol. The first kappa shape index (κ1) is 20.1. The first-order valence-electron chi connectivity index (χ1n) is 10.6. The van der Waals surface area contributed by atoms with Crippen LogP contribution in [0.25, 0.3) is 22.0 Å². The molecule has 3 aromatic heterocycles. The summed E-state index contributed by atoms with van der Waals surface area (Å²) < 4.78 is 1.98. The number of benzene rings is 1. The van der Waals surface area contributed by atoms with E-state index in [1.165, 1.54) is 0 Å². The molecule has 0 atom stereocenters. The van der Waals surface area contributed by atoms with E-state index in [2.05, 4.69) is 43.2 Å². The summed E-state index contributed by atoms with van der Waals surface area (Å²) in [6, 6.07) is 11.8. The van der Waals surface area contributed by atoms with E-state index >= 15 is 0 Å². The van der Waals surface area contributed by atoms with Crippen molar-refractivity contribution in [3.63, 3.8) is 0 Å². The van der Waals surface area contributed by atoms with Crippen molar-refractivity contribution in [3.8, 4) is 11.3 Å². The van der Waals surface area contributed by atoms with Crippen LogP contribution in [0.5, 0.6) is 0 Å². The number of aryl methyl sites for hydroxylation is 1. The molecule has 1 N–H and O–H groups in total. The summed E-state index contributed by atoms with van der Waals surface area (Å²) in [7, 11) is 4.09. The first-order valence-corrected chi connectivity index (χ1v) is 10.6. The highest BCUT2D eigenvalue weighted by Gasteiger charge is 2.16. The molecule has 4 heterocycles. The molecular weight excluding hydrogens is 402 g/mol. The lowest BCUT2D eigenvalue weighted by Crippen LogP contribution is -2.44. The zero-order valence-corrected chi connectivity index (χ0v) is 18.2. The second-order valence-corrected chi connectivity index (χ2v) is 8.17. The fourth-order valence-electron chi connectivity index (χ4n) is 3.94. The minimum absolute atomic E-state index is 0.225. The van der Waals surface area contributed by atoms with Gasteiger partial charge in [-0.1, -0.05) is 12.1 Å². The zero-order valence-electron chi connectivity index (χ0n) is 18.2. The number of carbonyl (C=O) groups excluding carboxylic acids is 1. The van der Waals surface area contributed by atoms with E-state index in [4.69, 9.17) is 0 Å². The lowest BCUT2D eigenvalue weighted by atomic mass is 10.1. The maximum absolute atomic E-state index is 12.8. The number of carbonyl (C=O) groups is 1. The molecule has 1 fully saturated rings. The predicted molar refractivity (Wildman–Crippen MR) is 126 cm³/mol. The third-order valence-electron chi connectivity index (χ3n) is 5.91. The molecule has 8 heteroatoms. The SMILES string of the molecule is CN1CCN(c2ccc(C(=O)Nc3cc4cc(-c5cncn5C)ccc4cn3)cn2)CC1. The second-order valence-electron chi connectivity index (χ2n) is 8.17. The summed E-state index contributed by atoms with van der Waals surface area (Å²) in [6.45, 7) is 3.91. The fourth-order valence-corrected chi connectivity index (χ4v) is 3.94. The summed E-state index contributed by atoms with van der Waals surface area (Å²) >= 11 is 0. The maximum Gasteiger partial charge on any atom is 0.258 e. The number of hydrogen-bond acceptors (Lipinski definition) is 6. The van der Waals surface area contributed by atoms with Gasteiger partial charge in [0.15, 0.2) is 0 Å².